The molecule has 0 N–H and O–H groups in total. The van der Waals surface area contributed by atoms with E-state index in [0.29, 0.717) is 17.5 Å². The van der Waals surface area contributed by atoms with Gasteiger partial charge in [-0.15, -0.1) is 0 Å². The van der Waals surface area contributed by atoms with Crippen LogP contribution < -0.4 is 0 Å². The third kappa shape index (κ3) is 5.32. The normalized spacial score (nSPS) is 11.9. The Bertz CT molecular complexity index is 3940. The number of rotatable bonds is 5. The molecule has 0 aliphatic heterocycles. The Kier molecular flexibility index (Phi) is 7.54. The molecule has 13 rings (SSSR count). The molecule has 0 unspecified atom stereocenters. The number of aromatic nitrogens is 4. The molecular weight excluding hydrogens is 757 g/mol. The quantitative estimate of drug-likeness (QED) is 0.163. The van der Waals surface area contributed by atoms with Gasteiger partial charge in [0.25, 0.3) is 0 Å². The van der Waals surface area contributed by atoms with Crippen LogP contribution in [-0.2, 0) is 0 Å². The maximum Gasteiger partial charge on any atom is 0.167 e. The smallest absolute Gasteiger partial charge is 0.167 e. The molecule has 0 fully saturated rings. The topological polar surface area (TPSA) is 56.7 Å². The lowest BCUT2D eigenvalue weighted by molar-refractivity contribution is 0.669. The van der Waals surface area contributed by atoms with Gasteiger partial charge in [-0.25, -0.2) is 15.0 Å². The van der Waals surface area contributed by atoms with E-state index in [4.69, 9.17) is 19.4 Å². The number of para-hydroxylation sites is 2. The summed E-state index contributed by atoms with van der Waals surface area (Å²) < 4.78 is 9.35. The average Bonchev–Trinajstić information content (AvgIpc) is 3.89. The standard InChI is InChI=1S/C57H34N4O/c1-2-15-35(16-3-1)36-20-14-21-40(31-36)55-58-56(60-57(59-55)48-33-39-19-6-7-22-41(39)42-23-8-9-24-43(42)48)46-29-30-50(53-45-26-11-13-28-52(45)62-54(46)53)61-49-27-12-10-25-44(49)47-32-37-17-4-5-18-38(37)34-51(47)61/h1-34H. The Morgan fingerprint density at radius 2 is 0.952 bits per heavy atom. The lowest BCUT2D eigenvalue weighted by atomic mass is 9.96. The van der Waals surface area contributed by atoms with E-state index in [1.54, 1.807) is 0 Å². The molecule has 5 heteroatoms. The summed E-state index contributed by atoms with van der Waals surface area (Å²) in [4.78, 5) is 16.0. The molecule has 5 nitrogen and oxygen atoms in total. The predicted octanol–water partition coefficient (Wildman–Crippen LogP) is 15.0. The monoisotopic (exact) mass is 790 g/mol. The molecule has 3 heterocycles. The van der Waals surface area contributed by atoms with Crippen LogP contribution in [0.2, 0.25) is 0 Å². The van der Waals surface area contributed by atoms with Crippen molar-refractivity contribution in [2.45, 2.75) is 0 Å². The molecule has 10 aromatic carbocycles. The largest absolute Gasteiger partial charge is 0.455 e. The highest BCUT2D eigenvalue weighted by Gasteiger charge is 2.24. The summed E-state index contributed by atoms with van der Waals surface area (Å²) in [5, 5.41) is 11.4. The molecular formula is C57H34N4O. The van der Waals surface area contributed by atoms with Crippen molar-refractivity contribution in [3.8, 4) is 51.0 Å². The lowest BCUT2D eigenvalue weighted by Crippen LogP contribution is -2.02. The molecule has 0 spiro atoms. The molecule has 62 heavy (non-hydrogen) atoms. The fourth-order valence-corrected chi connectivity index (χ4v) is 9.54. The summed E-state index contributed by atoms with van der Waals surface area (Å²) in [5.74, 6) is 1.72. The second-order valence-corrected chi connectivity index (χ2v) is 15.9. The van der Waals surface area contributed by atoms with E-state index in [9.17, 15) is 0 Å². The highest BCUT2D eigenvalue weighted by molar-refractivity contribution is 6.18. The Morgan fingerprint density at radius 3 is 1.79 bits per heavy atom. The van der Waals surface area contributed by atoms with Gasteiger partial charge in [0.15, 0.2) is 17.5 Å². The highest BCUT2D eigenvalue weighted by Crippen LogP contribution is 2.43. The molecule has 0 amide bonds. The Morgan fingerprint density at radius 1 is 0.339 bits per heavy atom. The molecule has 0 bridgehead atoms. The summed E-state index contributed by atoms with van der Waals surface area (Å²) in [6.45, 7) is 0. The van der Waals surface area contributed by atoms with Crippen LogP contribution in [0.5, 0.6) is 0 Å². The number of fused-ring (bicyclic) bond motifs is 10. The first-order chi connectivity index (χ1) is 30.7. The van der Waals surface area contributed by atoms with Crippen LogP contribution in [0.1, 0.15) is 0 Å². The first-order valence-corrected chi connectivity index (χ1v) is 20.9. The third-order valence-corrected chi connectivity index (χ3v) is 12.4. The van der Waals surface area contributed by atoms with E-state index in [-0.39, 0.29) is 0 Å². The summed E-state index contributed by atoms with van der Waals surface area (Å²) in [5.41, 5.74) is 9.66. The maximum absolute atomic E-state index is 6.95. The summed E-state index contributed by atoms with van der Waals surface area (Å²) in [7, 11) is 0. The number of hydrogen-bond donors (Lipinski definition) is 0. The van der Waals surface area contributed by atoms with Crippen LogP contribution in [0.15, 0.2) is 211 Å². The second kappa shape index (κ2) is 13.6. The summed E-state index contributed by atoms with van der Waals surface area (Å²) in [6, 6.07) is 72.7. The first kappa shape index (κ1) is 34.5. The van der Waals surface area contributed by atoms with Crippen LogP contribution in [0.25, 0.3) is 127 Å². The maximum atomic E-state index is 6.95. The lowest BCUT2D eigenvalue weighted by Gasteiger charge is -2.14. The number of hydrogen-bond acceptors (Lipinski definition) is 4. The van der Waals surface area contributed by atoms with E-state index < -0.39 is 0 Å². The fraction of sp³-hybridized carbons (Fsp3) is 0. The molecule has 288 valence electrons. The Balaban J connectivity index is 1.10. The molecule has 3 aromatic heterocycles. The van der Waals surface area contributed by atoms with Crippen molar-refractivity contribution in [3.63, 3.8) is 0 Å². The van der Waals surface area contributed by atoms with Gasteiger partial charge in [0.2, 0.25) is 0 Å². The highest BCUT2D eigenvalue weighted by atomic mass is 16.3. The van der Waals surface area contributed by atoms with Crippen molar-refractivity contribution in [2.24, 2.45) is 0 Å². The number of nitrogens with zero attached hydrogens (tertiary/aromatic N) is 4. The molecule has 0 aliphatic carbocycles. The van der Waals surface area contributed by atoms with Gasteiger partial charge >= 0.3 is 0 Å². The van der Waals surface area contributed by atoms with Crippen LogP contribution in [0.3, 0.4) is 0 Å². The molecule has 0 saturated carbocycles. The van der Waals surface area contributed by atoms with Crippen LogP contribution in [-0.4, -0.2) is 19.5 Å². The Labute approximate surface area is 355 Å². The van der Waals surface area contributed by atoms with E-state index in [2.05, 4.69) is 193 Å². The van der Waals surface area contributed by atoms with Crippen molar-refractivity contribution in [1.82, 2.24) is 19.5 Å². The minimum absolute atomic E-state index is 0.538. The molecule has 0 atom stereocenters. The van der Waals surface area contributed by atoms with Crippen molar-refractivity contribution >= 4 is 76.1 Å². The first-order valence-electron chi connectivity index (χ1n) is 20.9. The van der Waals surface area contributed by atoms with Crippen LogP contribution in [0, 0.1) is 0 Å². The van der Waals surface area contributed by atoms with Gasteiger partial charge in [0, 0.05) is 27.3 Å². The molecule has 0 aliphatic rings. The van der Waals surface area contributed by atoms with Crippen molar-refractivity contribution in [2.75, 3.05) is 0 Å². The van der Waals surface area contributed by atoms with Crippen molar-refractivity contribution in [1.29, 1.82) is 0 Å². The molecule has 13 aromatic rings. The van der Waals surface area contributed by atoms with Gasteiger partial charge in [-0.2, -0.15) is 0 Å². The predicted molar refractivity (Wildman–Crippen MR) is 256 cm³/mol. The van der Waals surface area contributed by atoms with Crippen molar-refractivity contribution in [3.05, 3.63) is 206 Å². The minimum Gasteiger partial charge on any atom is -0.455 e. The zero-order valence-electron chi connectivity index (χ0n) is 33.3. The third-order valence-electron chi connectivity index (χ3n) is 12.4. The zero-order chi connectivity index (χ0) is 40.7. The fourth-order valence-electron chi connectivity index (χ4n) is 9.54. The molecule has 0 saturated heterocycles. The van der Waals surface area contributed by atoms with E-state index in [1.807, 2.05) is 18.2 Å². The number of benzene rings is 10. The van der Waals surface area contributed by atoms with Crippen LogP contribution in [0.4, 0.5) is 0 Å². The van der Waals surface area contributed by atoms with Gasteiger partial charge in [0.05, 0.1) is 27.7 Å². The van der Waals surface area contributed by atoms with E-state index in [0.717, 1.165) is 82.6 Å². The van der Waals surface area contributed by atoms with Crippen molar-refractivity contribution < 1.29 is 4.42 Å². The molecule has 0 radical (unpaired) electrons. The van der Waals surface area contributed by atoms with Crippen LogP contribution >= 0.6 is 0 Å². The SMILES string of the molecule is c1ccc(-c2cccc(-c3nc(-c4cc5ccccc5c5ccccc45)nc(-c4ccc(-n5c6ccccc6c6cc7ccccc7cc65)c5c4oc4ccccc45)n3)c2)cc1. The summed E-state index contributed by atoms with van der Waals surface area (Å²) in [6.07, 6.45) is 0. The van der Waals surface area contributed by atoms with Gasteiger partial charge < -0.3 is 8.98 Å². The van der Waals surface area contributed by atoms with E-state index in [1.165, 1.54) is 26.9 Å². The van der Waals surface area contributed by atoms with Gasteiger partial charge in [0.1, 0.15) is 11.2 Å². The second-order valence-electron chi connectivity index (χ2n) is 15.9. The zero-order valence-corrected chi connectivity index (χ0v) is 33.3. The van der Waals surface area contributed by atoms with Gasteiger partial charge in [-0.1, -0.05) is 158 Å². The summed E-state index contributed by atoms with van der Waals surface area (Å²) >= 11 is 0. The van der Waals surface area contributed by atoms with E-state index >= 15 is 0 Å². The Hall–Kier alpha value is -8.41. The number of furan rings is 1. The average molecular weight is 791 g/mol. The van der Waals surface area contributed by atoms with Gasteiger partial charge in [-0.05, 0) is 92.0 Å². The minimum atomic E-state index is 0.538. The van der Waals surface area contributed by atoms with Gasteiger partial charge in [-0.3, -0.25) is 0 Å².